The van der Waals surface area contributed by atoms with Crippen LogP contribution in [0.3, 0.4) is 0 Å². The Bertz CT molecular complexity index is 105. The van der Waals surface area contributed by atoms with Gasteiger partial charge in [-0.25, -0.2) is 5.32 Å². The topological polar surface area (TPSA) is 60.6 Å². The highest BCUT2D eigenvalue weighted by Crippen LogP contribution is 1.81. The second kappa shape index (κ2) is 5.20. The van der Waals surface area contributed by atoms with Gasteiger partial charge in [0.25, 0.3) is 0 Å². The summed E-state index contributed by atoms with van der Waals surface area (Å²) in [6.07, 6.45) is -0.658. The van der Waals surface area contributed by atoms with Gasteiger partial charge in [0.1, 0.15) is 0 Å². The molecule has 0 aromatic rings. The number of ether oxygens (including phenoxy) is 1. The van der Waals surface area contributed by atoms with E-state index in [9.17, 15) is 4.79 Å². The monoisotopic (exact) mass is 146 g/mol. The van der Waals surface area contributed by atoms with Gasteiger partial charge in [0.2, 0.25) is 5.91 Å². The van der Waals surface area contributed by atoms with E-state index in [-0.39, 0.29) is 19.1 Å². The molecule has 4 nitrogen and oxygen atoms in total. The molecular formula is C6H12NO3. The summed E-state index contributed by atoms with van der Waals surface area (Å²) < 4.78 is 4.61. The van der Waals surface area contributed by atoms with E-state index >= 15 is 0 Å². The van der Waals surface area contributed by atoms with Crippen LogP contribution in [-0.2, 0) is 9.53 Å². The molecule has 0 saturated heterocycles. The number of aliphatic hydroxyl groups excluding tert-OH is 1. The summed E-state index contributed by atoms with van der Waals surface area (Å²) in [6, 6.07) is 0. The zero-order chi connectivity index (χ0) is 7.98. The molecule has 10 heavy (non-hydrogen) atoms. The maximum Gasteiger partial charge on any atom is 0.238 e. The molecule has 4 heteroatoms. The summed E-state index contributed by atoms with van der Waals surface area (Å²) in [5.41, 5.74) is 0. The van der Waals surface area contributed by atoms with Gasteiger partial charge in [-0.3, -0.25) is 4.79 Å². The number of carbonyl (C=O) groups is 1. The largest absolute Gasteiger partial charge is 0.389 e. The minimum Gasteiger partial charge on any atom is -0.389 e. The Balaban J connectivity index is 3.21. The molecule has 1 amide bonds. The first-order valence-corrected chi connectivity index (χ1v) is 3.02. The molecule has 0 aliphatic rings. The fourth-order valence-corrected chi connectivity index (χ4v) is 0.479. The van der Waals surface area contributed by atoms with Crippen molar-refractivity contribution in [1.82, 2.24) is 5.32 Å². The SMILES string of the molecule is COCC(O)C[N]C(C)=O. The molecule has 59 valence electrons. The minimum atomic E-state index is -0.658. The molecule has 0 saturated carbocycles. The second-order valence-electron chi connectivity index (χ2n) is 1.97. The zero-order valence-corrected chi connectivity index (χ0v) is 6.20. The Kier molecular flexibility index (Phi) is 4.88. The van der Waals surface area contributed by atoms with Gasteiger partial charge in [0.05, 0.1) is 19.3 Å². The Morgan fingerprint density at radius 1 is 1.80 bits per heavy atom. The van der Waals surface area contributed by atoms with Gasteiger partial charge in [-0.05, 0) is 0 Å². The van der Waals surface area contributed by atoms with Crippen LogP contribution in [0.1, 0.15) is 6.92 Å². The van der Waals surface area contributed by atoms with Crippen molar-refractivity contribution >= 4 is 5.91 Å². The first kappa shape index (κ1) is 9.39. The van der Waals surface area contributed by atoms with Crippen LogP contribution in [0.4, 0.5) is 0 Å². The first-order valence-electron chi connectivity index (χ1n) is 3.02. The molecule has 1 atom stereocenters. The maximum atomic E-state index is 10.2. The molecule has 0 fully saturated rings. The average Bonchev–Trinajstić information content (AvgIpc) is 1.85. The fraction of sp³-hybridized carbons (Fsp3) is 0.833. The summed E-state index contributed by atoms with van der Waals surface area (Å²) in [5, 5.41) is 12.4. The molecule has 1 N–H and O–H groups in total. The van der Waals surface area contributed by atoms with Crippen molar-refractivity contribution in [2.75, 3.05) is 20.3 Å². The van der Waals surface area contributed by atoms with Crippen molar-refractivity contribution in [1.29, 1.82) is 0 Å². The number of nitrogens with zero attached hydrogens (tertiary/aromatic N) is 1. The van der Waals surface area contributed by atoms with Crippen molar-refractivity contribution in [3.8, 4) is 0 Å². The Labute approximate surface area is 60.2 Å². The fourth-order valence-electron chi connectivity index (χ4n) is 0.479. The number of hydrogen-bond acceptors (Lipinski definition) is 3. The molecule has 1 unspecified atom stereocenters. The number of carbonyl (C=O) groups excluding carboxylic acids is 1. The molecule has 0 spiro atoms. The van der Waals surface area contributed by atoms with E-state index in [4.69, 9.17) is 5.11 Å². The third-order valence-corrected chi connectivity index (χ3v) is 0.884. The van der Waals surface area contributed by atoms with Gasteiger partial charge in [-0.1, -0.05) is 0 Å². The molecule has 0 heterocycles. The predicted molar refractivity (Wildman–Crippen MR) is 35.6 cm³/mol. The minimum absolute atomic E-state index is 0.128. The van der Waals surface area contributed by atoms with E-state index in [0.29, 0.717) is 0 Å². The standard InChI is InChI=1S/C6H12NO3/c1-5(8)7-3-6(9)4-10-2/h6,9H,3-4H2,1-2H3. The Hall–Kier alpha value is -0.610. The molecule has 0 aliphatic carbocycles. The maximum absolute atomic E-state index is 10.2. The third-order valence-electron chi connectivity index (χ3n) is 0.884. The van der Waals surface area contributed by atoms with E-state index in [1.165, 1.54) is 14.0 Å². The summed E-state index contributed by atoms with van der Waals surface area (Å²) in [5.74, 6) is -0.268. The number of rotatable bonds is 4. The molecule has 0 rings (SSSR count). The Morgan fingerprint density at radius 3 is 2.80 bits per heavy atom. The van der Waals surface area contributed by atoms with Crippen LogP contribution in [0.25, 0.3) is 0 Å². The van der Waals surface area contributed by atoms with E-state index in [0.717, 1.165) is 0 Å². The van der Waals surface area contributed by atoms with Crippen LogP contribution in [0.2, 0.25) is 0 Å². The van der Waals surface area contributed by atoms with Gasteiger partial charge in [-0.2, -0.15) is 0 Å². The summed E-state index contributed by atoms with van der Waals surface area (Å²) in [4.78, 5) is 10.2. The molecule has 0 aromatic carbocycles. The van der Waals surface area contributed by atoms with Crippen molar-refractivity contribution in [3.63, 3.8) is 0 Å². The second-order valence-corrected chi connectivity index (χ2v) is 1.97. The van der Waals surface area contributed by atoms with Gasteiger partial charge >= 0.3 is 0 Å². The molecule has 0 bridgehead atoms. The van der Waals surface area contributed by atoms with E-state index in [1.54, 1.807) is 0 Å². The average molecular weight is 146 g/mol. The van der Waals surface area contributed by atoms with E-state index in [2.05, 4.69) is 10.1 Å². The number of amides is 1. The van der Waals surface area contributed by atoms with E-state index < -0.39 is 6.10 Å². The lowest BCUT2D eigenvalue weighted by Crippen LogP contribution is -2.27. The van der Waals surface area contributed by atoms with Gasteiger partial charge in [0, 0.05) is 14.0 Å². The van der Waals surface area contributed by atoms with Crippen LogP contribution in [0.15, 0.2) is 0 Å². The molecule has 0 aromatic heterocycles. The normalized spacial score (nSPS) is 12.7. The summed E-state index contributed by atoms with van der Waals surface area (Å²) in [6.45, 7) is 1.69. The smallest absolute Gasteiger partial charge is 0.238 e. The first-order chi connectivity index (χ1) is 4.66. The van der Waals surface area contributed by atoms with E-state index in [1.807, 2.05) is 0 Å². The highest BCUT2D eigenvalue weighted by molar-refractivity contribution is 5.72. The number of methoxy groups -OCH3 is 1. The van der Waals surface area contributed by atoms with Gasteiger partial charge < -0.3 is 9.84 Å². The number of aliphatic hydroxyl groups is 1. The summed E-state index contributed by atoms with van der Waals surface area (Å²) >= 11 is 0. The van der Waals surface area contributed by atoms with Gasteiger partial charge in [-0.15, -0.1) is 0 Å². The third kappa shape index (κ3) is 5.53. The van der Waals surface area contributed by atoms with Crippen molar-refractivity contribution in [3.05, 3.63) is 0 Å². The van der Waals surface area contributed by atoms with Crippen LogP contribution in [0.5, 0.6) is 0 Å². The molecule has 1 radical (unpaired) electrons. The van der Waals surface area contributed by atoms with Crippen molar-refractivity contribution in [2.45, 2.75) is 13.0 Å². The highest BCUT2D eigenvalue weighted by Gasteiger charge is 2.03. The lowest BCUT2D eigenvalue weighted by atomic mass is 10.4. The quantitative estimate of drug-likeness (QED) is 0.561. The predicted octanol–water partition coefficient (Wildman–Crippen LogP) is -0.855. The molecule has 0 aliphatic heterocycles. The summed E-state index contributed by atoms with van der Waals surface area (Å²) in [7, 11) is 1.48. The van der Waals surface area contributed by atoms with Crippen LogP contribution in [0, 0.1) is 0 Å². The van der Waals surface area contributed by atoms with Crippen LogP contribution >= 0.6 is 0 Å². The van der Waals surface area contributed by atoms with Crippen LogP contribution in [-0.4, -0.2) is 37.4 Å². The Morgan fingerprint density at radius 2 is 2.40 bits per heavy atom. The lowest BCUT2D eigenvalue weighted by Gasteiger charge is -2.06. The number of hydrogen-bond donors (Lipinski definition) is 1. The lowest BCUT2D eigenvalue weighted by molar-refractivity contribution is -0.119. The van der Waals surface area contributed by atoms with Crippen molar-refractivity contribution in [2.24, 2.45) is 0 Å². The molecular weight excluding hydrogens is 134 g/mol. The zero-order valence-electron chi connectivity index (χ0n) is 6.20. The highest BCUT2D eigenvalue weighted by atomic mass is 16.5. The van der Waals surface area contributed by atoms with Gasteiger partial charge in [0.15, 0.2) is 0 Å². The van der Waals surface area contributed by atoms with Crippen molar-refractivity contribution < 1.29 is 14.6 Å². The van der Waals surface area contributed by atoms with Crippen LogP contribution < -0.4 is 5.32 Å².